The molecule has 0 bridgehead atoms. The lowest BCUT2D eigenvalue weighted by Gasteiger charge is -2.29. The second kappa shape index (κ2) is 5.84. The number of ketones is 1. The van der Waals surface area contributed by atoms with Gasteiger partial charge in [-0.2, -0.15) is 0 Å². The third-order valence-corrected chi connectivity index (χ3v) is 3.27. The van der Waals surface area contributed by atoms with Crippen LogP contribution in [0, 0.1) is 0 Å². The highest BCUT2D eigenvalue weighted by atomic mass is 16.3. The van der Waals surface area contributed by atoms with Gasteiger partial charge >= 0.3 is 6.03 Å². The minimum atomic E-state index is -0.301. The van der Waals surface area contributed by atoms with Crippen LogP contribution in [-0.4, -0.2) is 41.0 Å². The molecular weight excluding hydrogens is 244 g/mol. The van der Waals surface area contributed by atoms with Gasteiger partial charge < -0.3 is 15.3 Å². The van der Waals surface area contributed by atoms with E-state index in [1.165, 1.54) is 6.92 Å². The van der Waals surface area contributed by atoms with E-state index < -0.39 is 0 Å². The van der Waals surface area contributed by atoms with Crippen LogP contribution in [0.4, 0.5) is 10.5 Å². The Bertz CT molecular complexity index is 479. The molecule has 2 rings (SSSR count). The first-order valence-electron chi connectivity index (χ1n) is 6.41. The topological polar surface area (TPSA) is 69.6 Å². The van der Waals surface area contributed by atoms with Crippen molar-refractivity contribution in [3.63, 3.8) is 0 Å². The molecule has 1 saturated heterocycles. The Balaban J connectivity index is 1.98. The maximum Gasteiger partial charge on any atom is 0.321 e. The van der Waals surface area contributed by atoms with E-state index in [1.807, 2.05) is 0 Å². The summed E-state index contributed by atoms with van der Waals surface area (Å²) in [5.74, 6) is -0.0304. The molecule has 0 saturated carbocycles. The fraction of sp³-hybridized carbons (Fsp3) is 0.429. The minimum Gasteiger partial charge on any atom is -0.393 e. The monoisotopic (exact) mass is 262 g/mol. The molecule has 1 aliphatic heterocycles. The van der Waals surface area contributed by atoms with E-state index in [0.717, 1.165) is 0 Å². The summed E-state index contributed by atoms with van der Waals surface area (Å²) in [5.41, 5.74) is 1.19. The number of likely N-dealkylation sites (tertiary alicyclic amines) is 1. The highest BCUT2D eigenvalue weighted by molar-refractivity contribution is 5.96. The van der Waals surface area contributed by atoms with Gasteiger partial charge in [0.25, 0.3) is 0 Å². The molecular formula is C14H18N2O3. The van der Waals surface area contributed by atoms with Gasteiger partial charge in [-0.25, -0.2) is 4.79 Å². The van der Waals surface area contributed by atoms with E-state index in [1.54, 1.807) is 29.2 Å². The Hall–Kier alpha value is -1.88. The summed E-state index contributed by atoms with van der Waals surface area (Å²) in [6, 6.07) is 6.69. The van der Waals surface area contributed by atoms with Crippen molar-refractivity contribution in [3.8, 4) is 0 Å². The fourth-order valence-electron chi connectivity index (χ4n) is 2.09. The van der Waals surface area contributed by atoms with Gasteiger partial charge in [0.15, 0.2) is 5.78 Å². The second-order valence-electron chi connectivity index (χ2n) is 4.79. The molecule has 0 spiro atoms. The molecule has 5 nitrogen and oxygen atoms in total. The van der Waals surface area contributed by atoms with Crippen molar-refractivity contribution in [2.24, 2.45) is 0 Å². The number of hydrogen-bond donors (Lipinski definition) is 2. The number of urea groups is 1. The van der Waals surface area contributed by atoms with Crippen molar-refractivity contribution in [1.82, 2.24) is 4.90 Å². The number of nitrogens with zero attached hydrogens (tertiary/aromatic N) is 1. The molecule has 1 fully saturated rings. The molecule has 2 N–H and O–H groups in total. The quantitative estimate of drug-likeness (QED) is 0.799. The Morgan fingerprint density at radius 2 is 2.00 bits per heavy atom. The molecule has 102 valence electrons. The fourth-order valence-corrected chi connectivity index (χ4v) is 2.09. The number of rotatable bonds is 2. The van der Waals surface area contributed by atoms with Gasteiger partial charge in [0.1, 0.15) is 0 Å². The van der Waals surface area contributed by atoms with E-state index in [-0.39, 0.29) is 17.9 Å². The third kappa shape index (κ3) is 3.54. The number of piperidine rings is 1. The van der Waals surface area contributed by atoms with Gasteiger partial charge in [0.2, 0.25) is 0 Å². The Labute approximate surface area is 112 Å². The number of aliphatic hydroxyl groups excluding tert-OH is 1. The average molecular weight is 262 g/mol. The standard InChI is InChI=1S/C14H18N2O3/c1-10(17)11-3-2-4-12(9-11)15-14(19)16-7-5-13(18)6-8-16/h2-4,9,13,18H,5-8H2,1H3,(H,15,19). The van der Waals surface area contributed by atoms with Gasteiger partial charge in [-0.1, -0.05) is 12.1 Å². The zero-order valence-electron chi connectivity index (χ0n) is 10.9. The summed E-state index contributed by atoms with van der Waals surface area (Å²) in [6.07, 6.45) is 0.923. The molecule has 0 aliphatic carbocycles. The van der Waals surface area contributed by atoms with Crippen molar-refractivity contribution in [3.05, 3.63) is 29.8 Å². The van der Waals surface area contributed by atoms with Crippen LogP contribution < -0.4 is 5.32 Å². The number of amides is 2. The second-order valence-corrected chi connectivity index (χ2v) is 4.79. The van der Waals surface area contributed by atoms with Crippen LogP contribution >= 0.6 is 0 Å². The van der Waals surface area contributed by atoms with Gasteiger partial charge in [-0.05, 0) is 31.9 Å². The summed E-state index contributed by atoms with van der Waals surface area (Å²) in [7, 11) is 0. The van der Waals surface area contributed by atoms with E-state index in [0.29, 0.717) is 37.2 Å². The van der Waals surface area contributed by atoms with Gasteiger partial charge in [0.05, 0.1) is 6.10 Å². The van der Waals surface area contributed by atoms with Crippen molar-refractivity contribution in [2.75, 3.05) is 18.4 Å². The van der Waals surface area contributed by atoms with E-state index in [9.17, 15) is 14.7 Å². The molecule has 5 heteroatoms. The highest BCUT2D eigenvalue weighted by Crippen LogP contribution is 2.14. The predicted octanol–water partition coefficient (Wildman–Crippen LogP) is 1.88. The summed E-state index contributed by atoms with van der Waals surface area (Å²) in [5, 5.41) is 12.2. The predicted molar refractivity (Wildman–Crippen MR) is 72.3 cm³/mol. The van der Waals surface area contributed by atoms with Crippen LogP contribution in [-0.2, 0) is 0 Å². The SMILES string of the molecule is CC(=O)c1cccc(NC(=O)N2CCC(O)CC2)c1. The van der Waals surface area contributed by atoms with E-state index >= 15 is 0 Å². The lowest BCUT2D eigenvalue weighted by molar-refractivity contribution is 0.0970. The number of anilines is 1. The molecule has 19 heavy (non-hydrogen) atoms. The van der Waals surface area contributed by atoms with Crippen LogP contribution in [0.5, 0.6) is 0 Å². The first-order chi connectivity index (χ1) is 9.06. The molecule has 1 aliphatic rings. The van der Waals surface area contributed by atoms with Crippen LogP contribution in [0.1, 0.15) is 30.1 Å². The minimum absolute atomic E-state index is 0.0304. The number of benzene rings is 1. The smallest absolute Gasteiger partial charge is 0.321 e. The Morgan fingerprint density at radius 1 is 1.32 bits per heavy atom. The summed E-state index contributed by atoms with van der Waals surface area (Å²) >= 11 is 0. The maximum absolute atomic E-state index is 12.0. The lowest BCUT2D eigenvalue weighted by Crippen LogP contribution is -2.42. The van der Waals surface area contributed by atoms with Crippen molar-refractivity contribution >= 4 is 17.5 Å². The first-order valence-corrected chi connectivity index (χ1v) is 6.41. The van der Waals surface area contributed by atoms with E-state index in [2.05, 4.69) is 5.32 Å². The number of Topliss-reactive ketones (excluding diaryl/α,β-unsaturated/α-hetero) is 1. The molecule has 1 aromatic carbocycles. The van der Waals surface area contributed by atoms with Crippen molar-refractivity contribution in [1.29, 1.82) is 0 Å². The first kappa shape index (κ1) is 13.5. The van der Waals surface area contributed by atoms with Crippen molar-refractivity contribution in [2.45, 2.75) is 25.9 Å². The largest absolute Gasteiger partial charge is 0.393 e. The molecule has 2 amide bonds. The van der Waals surface area contributed by atoms with Gasteiger partial charge in [0, 0.05) is 24.3 Å². The van der Waals surface area contributed by atoms with E-state index in [4.69, 9.17) is 0 Å². The molecule has 0 radical (unpaired) electrons. The molecule has 0 atom stereocenters. The normalized spacial score (nSPS) is 16.2. The van der Waals surface area contributed by atoms with Crippen LogP contribution in [0.2, 0.25) is 0 Å². The van der Waals surface area contributed by atoms with Crippen LogP contribution in [0.3, 0.4) is 0 Å². The Kier molecular flexibility index (Phi) is 4.16. The summed E-state index contributed by atoms with van der Waals surface area (Å²) < 4.78 is 0. The maximum atomic E-state index is 12.0. The number of carbonyl (C=O) groups is 2. The molecule has 0 unspecified atom stereocenters. The number of nitrogens with one attached hydrogen (secondary N) is 1. The lowest BCUT2D eigenvalue weighted by atomic mass is 10.1. The van der Waals surface area contributed by atoms with Gasteiger partial charge in [-0.15, -0.1) is 0 Å². The molecule has 1 heterocycles. The van der Waals surface area contributed by atoms with Gasteiger partial charge in [-0.3, -0.25) is 4.79 Å². The zero-order valence-corrected chi connectivity index (χ0v) is 10.9. The Morgan fingerprint density at radius 3 is 2.63 bits per heavy atom. The van der Waals surface area contributed by atoms with Crippen LogP contribution in [0.15, 0.2) is 24.3 Å². The molecule has 0 aromatic heterocycles. The third-order valence-electron chi connectivity index (χ3n) is 3.27. The summed E-state index contributed by atoms with van der Waals surface area (Å²) in [4.78, 5) is 24.9. The van der Waals surface area contributed by atoms with Crippen molar-refractivity contribution < 1.29 is 14.7 Å². The number of carbonyl (C=O) groups excluding carboxylic acids is 2. The van der Waals surface area contributed by atoms with Crippen LogP contribution in [0.25, 0.3) is 0 Å². The number of aliphatic hydroxyl groups is 1. The highest BCUT2D eigenvalue weighted by Gasteiger charge is 2.21. The average Bonchev–Trinajstić information content (AvgIpc) is 2.39. The molecule has 1 aromatic rings. The number of hydrogen-bond acceptors (Lipinski definition) is 3. The zero-order chi connectivity index (χ0) is 13.8. The summed E-state index contributed by atoms with van der Waals surface area (Å²) in [6.45, 7) is 2.60.